The second kappa shape index (κ2) is 12.6. The SMILES string of the molecule is COc1ccc([C@H]2CC(c3ccc(Br)cc3)=NN2C(=O)CSc2nnc(CNC(=O)c3ccccc3F)n2C)cc1. The van der Waals surface area contributed by atoms with E-state index in [0.717, 1.165) is 27.1 Å². The zero-order valence-electron chi connectivity index (χ0n) is 22.3. The highest BCUT2D eigenvalue weighted by Crippen LogP contribution is 2.34. The van der Waals surface area contributed by atoms with E-state index in [4.69, 9.17) is 9.84 Å². The molecule has 1 atom stereocenters. The Morgan fingerprint density at radius 2 is 1.80 bits per heavy atom. The Bertz CT molecular complexity index is 1590. The summed E-state index contributed by atoms with van der Waals surface area (Å²) in [5, 5.41) is 17.7. The maximum Gasteiger partial charge on any atom is 0.254 e. The number of hydrogen-bond donors (Lipinski definition) is 1. The van der Waals surface area contributed by atoms with Gasteiger partial charge in [-0.15, -0.1) is 10.2 Å². The van der Waals surface area contributed by atoms with E-state index in [2.05, 4.69) is 31.4 Å². The number of hydrazone groups is 1. The largest absolute Gasteiger partial charge is 0.497 e. The number of nitrogens with zero attached hydrogens (tertiary/aromatic N) is 5. The first kappa shape index (κ1) is 28.5. The number of nitrogens with one attached hydrogen (secondary N) is 1. The highest BCUT2D eigenvalue weighted by Gasteiger charge is 2.33. The molecule has 2 heterocycles. The molecule has 4 aromatic rings. The van der Waals surface area contributed by atoms with Crippen LogP contribution in [0.25, 0.3) is 0 Å². The maximum absolute atomic E-state index is 13.9. The summed E-state index contributed by atoms with van der Waals surface area (Å²) in [6.07, 6.45) is 0.570. The molecule has 0 unspecified atom stereocenters. The Morgan fingerprint density at radius 3 is 2.51 bits per heavy atom. The Labute approximate surface area is 248 Å². The first-order chi connectivity index (χ1) is 19.8. The third kappa shape index (κ3) is 6.49. The minimum absolute atomic E-state index is 0.0463. The molecule has 5 rings (SSSR count). The Hall–Kier alpha value is -4.03. The van der Waals surface area contributed by atoms with Crippen LogP contribution < -0.4 is 10.1 Å². The van der Waals surface area contributed by atoms with E-state index in [1.54, 1.807) is 24.8 Å². The smallest absolute Gasteiger partial charge is 0.254 e. The van der Waals surface area contributed by atoms with Gasteiger partial charge in [0.15, 0.2) is 11.0 Å². The maximum atomic E-state index is 13.9. The zero-order valence-corrected chi connectivity index (χ0v) is 24.7. The lowest BCUT2D eigenvalue weighted by Gasteiger charge is -2.22. The van der Waals surface area contributed by atoms with Crippen LogP contribution in [0.5, 0.6) is 5.75 Å². The molecule has 1 aliphatic rings. The second-order valence-corrected chi connectivity index (χ2v) is 11.1. The van der Waals surface area contributed by atoms with Crippen molar-refractivity contribution in [2.24, 2.45) is 12.1 Å². The number of hydrogen-bond acceptors (Lipinski definition) is 7. The van der Waals surface area contributed by atoms with E-state index in [0.29, 0.717) is 17.4 Å². The molecule has 1 N–H and O–H groups in total. The number of benzene rings is 3. The molecule has 0 radical (unpaired) electrons. The van der Waals surface area contributed by atoms with Gasteiger partial charge < -0.3 is 14.6 Å². The highest BCUT2D eigenvalue weighted by molar-refractivity contribution is 9.10. The van der Waals surface area contributed by atoms with Crippen molar-refractivity contribution in [3.63, 3.8) is 0 Å². The van der Waals surface area contributed by atoms with E-state index in [9.17, 15) is 14.0 Å². The van der Waals surface area contributed by atoms with Gasteiger partial charge in [-0.25, -0.2) is 9.40 Å². The molecular formula is C29H26BrFN6O3S. The van der Waals surface area contributed by atoms with Crippen molar-refractivity contribution in [2.45, 2.75) is 24.2 Å². The fourth-order valence-corrected chi connectivity index (χ4v) is 5.41. The lowest BCUT2D eigenvalue weighted by Crippen LogP contribution is -2.28. The number of thioether (sulfide) groups is 1. The number of amides is 2. The average molecular weight is 638 g/mol. The Kier molecular flexibility index (Phi) is 8.79. The Balaban J connectivity index is 1.27. The molecule has 0 aliphatic carbocycles. The summed E-state index contributed by atoms with van der Waals surface area (Å²) < 4.78 is 21.9. The second-order valence-electron chi connectivity index (χ2n) is 9.19. The van der Waals surface area contributed by atoms with E-state index in [-0.39, 0.29) is 29.8 Å². The number of methoxy groups -OCH3 is 1. The molecule has 41 heavy (non-hydrogen) atoms. The first-order valence-corrected chi connectivity index (χ1v) is 14.4. The fraction of sp³-hybridized carbons (Fsp3) is 0.207. The predicted octanol–water partition coefficient (Wildman–Crippen LogP) is 5.13. The number of halogens is 2. The summed E-state index contributed by atoms with van der Waals surface area (Å²) in [6.45, 7) is 0.0533. The van der Waals surface area contributed by atoms with Gasteiger partial charge in [0.2, 0.25) is 0 Å². The van der Waals surface area contributed by atoms with E-state index in [1.165, 1.54) is 35.0 Å². The minimum atomic E-state index is -0.599. The average Bonchev–Trinajstić information content (AvgIpc) is 3.59. The van der Waals surface area contributed by atoms with Crippen molar-refractivity contribution in [3.8, 4) is 5.75 Å². The lowest BCUT2D eigenvalue weighted by atomic mass is 9.98. The third-order valence-electron chi connectivity index (χ3n) is 6.62. The van der Waals surface area contributed by atoms with Gasteiger partial charge >= 0.3 is 0 Å². The monoisotopic (exact) mass is 636 g/mol. The molecule has 0 fully saturated rings. The van der Waals surface area contributed by atoms with Crippen LogP contribution in [0.4, 0.5) is 4.39 Å². The van der Waals surface area contributed by atoms with Crippen LogP contribution in [-0.4, -0.2) is 50.2 Å². The molecule has 12 heteroatoms. The van der Waals surface area contributed by atoms with Crippen molar-refractivity contribution in [1.29, 1.82) is 0 Å². The fourth-order valence-electron chi connectivity index (χ4n) is 4.36. The molecule has 1 aliphatic heterocycles. The van der Waals surface area contributed by atoms with Gasteiger partial charge in [-0.3, -0.25) is 9.59 Å². The quantitative estimate of drug-likeness (QED) is 0.256. The van der Waals surface area contributed by atoms with Gasteiger partial charge in [-0.1, -0.05) is 64.1 Å². The van der Waals surface area contributed by atoms with Gasteiger partial charge in [-0.05, 0) is 47.5 Å². The lowest BCUT2D eigenvalue weighted by molar-refractivity contribution is -0.130. The van der Waals surface area contributed by atoms with Gasteiger partial charge in [-0.2, -0.15) is 5.10 Å². The van der Waals surface area contributed by atoms with E-state index >= 15 is 0 Å². The zero-order chi connectivity index (χ0) is 28.9. The molecule has 0 saturated carbocycles. The standard InChI is InChI=1S/C29H26BrFN6O3S/c1-36-26(16-32-28(39)22-5-3-4-6-23(22)31)33-34-29(36)41-17-27(38)37-25(19-9-13-21(40-2)14-10-19)15-24(35-37)18-7-11-20(30)12-8-18/h3-14,25H,15-17H2,1-2H3,(H,32,39)/t25-/m1/s1. The number of rotatable bonds is 9. The molecule has 9 nitrogen and oxygen atoms in total. The van der Waals surface area contributed by atoms with Crippen LogP contribution in [0.2, 0.25) is 0 Å². The van der Waals surface area contributed by atoms with Crippen molar-refractivity contribution in [1.82, 2.24) is 25.1 Å². The summed E-state index contributed by atoms with van der Waals surface area (Å²) in [4.78, 5) is 25.9. The molecule has 2 amide bonds. The molecule has 1 aromatic heterocycles. The molecular weight excluding hydrogens is 611 g/mol. The predicted molar refractivity (Wildman–Crippen MR) is 157 cm³/mol. The summed E-state index contributed by atoms with van der Waals surface area (Å²) in [6, 6.07) is 21.0. The van der Waals surface area contributed by atoms with Crippen molar-refractivity contribution < 1.29 is 18.7 Å². The van der Waals surface area contributed by atoms with Crippen molar-refractivity contribution in [3.05, 3.63) is 106 Å². The topological polar surface area (TPSA) is 102 Å². The summed E-state index contributed by atoms with van der Waals surface area (Å²) in [5.74, 6) is -0.0422. The van der Waals surface area contributed by atoms with E-state index < -0.39 is 11.7 Å². The van der Waals surface area contributed by atoms with Crippen LogP contribution in [0.1, 0.15) is 39.8 Å². The van der Waals surface area contributed by atoms with Gasteiger partial charge in [0, 0.05) is 17.9 Å². The summed E-state index contributed by atoms with van der Waals surface area (Å²) in [7, 11) is 3.36. The third-order valence-corrected chi connectivity index (χ3v) is 8.15. The first-order valence-electron chi connectivity index (χ1n) is 12.7. The van der Waals surface area contributed by atoms with Crippen LogP contribution in [0, 0.1) is 5.82 Å². The molecule has 0 saturated heterocycles. The van der Waals surface area contributed by atoms with Gasteiger partial charge in [0.25, 0.3) is 11.8 Å². The highest BCUT2D eigenvalue weighted by atomic mass is 79.9. The minimum Gasteiger partial charge on any atom is -0.497 e. The Morgan fingerprint density at radius 1 is 1.07 bits per heavy atom. The summed E-state index contributed by atoms with van der Waals surface area (Å²) in [5.41, 5.74) is 2.68. The number of carbonyl (C=O) groups is 2. The van der Waals surface area contributed by atoms with Crippen molar-refractivity contribution in [2.75, 3.05) is 12.9 Å². The summed E-state index contributed by atoms with van der Waals surface area (Å²) >= 11 is 4.69. The van der Waals surface area contributed by atoms with Gasteiger partial charge in [0.05, 0.1) is 36.7 Å². The number of aromatic nitrogens is 3. The van der Waals surface area contributed by atoms with Crippen molar-refractivity contribution >= 4 is 45.2 Å². The number of carbonyl (C=O) groups excluding carboxylic acids is 2. The molecule has 210 valence electrons. The molecule has 0 bridgehead atoms. The van der Waals surface area contributed by atoms with Crippen LogP contribution >= 0.6 is 27.7 Å². The van der Waals surface area contributed by atoms with E-state index in [1.807, 2.05) is 48.5 Å². The molecule has 0 spiro atoms. The van der Waals surface area contributed by atoms with Crippen LogP contribution in [0.3, 0.4) is 0 Å². The van der Waals surface area contributed by atoms with Crippen LogP contribution in [0.15, 0.2) is 87.5 Å². The molecule has 3 aromatic carbocycles. The van der Waals surface area contributed by atoms with Gasteiger partial charge in [0.1, 0.15) is 11.6 Å². The number of ether oxygens (including phenoxy) is 1. The van der Waals surface area contributed by atoms with Crippen LogP contribution in [-0.2, 0) is 18.4 Å². The normalized spacial score (nSPS) is 14.6.